The standard InChI is InChI=1S/C21H23NO6.2C16H14O2.C6H13NO4/c23-20(24)14-27-12-11-26-10-9-22-21(25)28-13-19-17-7-3-1-5-15(17)16-6-2-4-8-18(16)19;2*1-11(17)18-10-16-14-8-4-2-6-12(14)13-7-3-5-9-15(13)16;7-1-2-10-3-4-11-5-6(8)9/h1-8,19H,9-14H2,(H,22,25)(H,23,24);2*2-9,16H,10H2,1H3;1-5,7H2,(H,8,9). The fourth-order valence-electron chi connectivity index (χ4n) is 9.00. The van der Waals surface area contributed by atoms with Gasteiger partial charge in [-0.15, -0.1) is 0 Å². The summed E-state index contributed by atoms with van der Waals surface area (Å²) in [5.41, 5.74) is 19.9. The molecule has 3 aliphatic carbocycles. The Morgan fingerprint density at radius 3 is 0.987 bits per heavy atom. The molecule has 6 aromatic rings. The molecule has 9 rings (SSSR count). The van der Waals surface area contributed by atoms with E-state index in [2.05, 4.69) is 82.9 Å². The summed E-state index contributed by atoms with van der Waals surface area (Å²) < 4.78 is 35.5. The van der Waals surface area contributed by atoms with Crippen molar-refractivity contribution in [3.05, 3.63) is 179 Å². The number of carbonyl (C=O) groups is 5. The Balaban J connectivity index is 0.000000171. The lowest BCUT2D eigenvalue weighted by atomic mass is 9.98. The van der Waals surface area contributed by atoms with Gasteiger partial charge in [0, 0.05) is 44.7 Å². The summed E-state index contributed by atoms with van der Waals surface area (Å²) in [6, 6.07) is 49.6. The van der Waals surface area contributed by atoms with Crippen molar-refractivity contribution < 1.29 is 67.3 Å². The first-order valence-electron chi connectivity index (χ1n) is 24.6. The van der Waals surface area contributed by atoms with Gasteiger partial charge in [-0.2, -0.15) is 0 Å². The summed E-state index contributed by atoms with van der Waals surface area (Å²) in [7, 11) is 0. The lowest BCUT2D eigenvalue weighted by Gasteiger charge is -2.14. The van der Waals surface area contributed by atoms with Gasteiger partial charge in [-0.1, -0.05) is 146 Å². The highest BCUT2D eigenvalue weighted by Crippen LogP contribution is 2.46. The predicted molar refractivity (Wildman–Crippen MR) is 281 cm³/mol. The molecule has 0 spiro atoms. The largest absolute Gasteiger partial charge is 0.480 e. The second-order valence-electron chi connectivity index (χ2n) is 17.2. The van der Waals surface area contributed by atoms with Gasteiger partial charge in [-0.05, 0) is 66.8 Å². The number of benzene rings is 6. The lowest BCUT2D eigenvalue weighted by Crippen LogP contribution is -2.29. The van der Waals surface area contributed by atoms with Crippen LogP contribution in [0.3, 0.4) is 0 Å². The van der Waals surface area contributed by atoms with E-state index >= 15 is 0 Å². The minimum atomic E-state index is -1.02. The Morgan fingerprint density at radius 2 is 0.693 bits per heavy atom. The Hall–Kier alpha value is -7.73. The van der Waals surface area contributed by atoms with E-state index < -0.39 is 18.0 Å². The number of fused-ring (bicyclic) bond motifs is 9. The first kappa shape index (κ1) is 56.6. The molecule has 0 saturated heterocycles. The van der Waals surface area contributed by atoms with Crippen LogP contribution in [0.2, 0.25) is 0 Å². The van der Waals surface area contributed by atoms with Gasteiger partial charge in [0.1, 0.15) is 33.0 Å². The molecule has 0 heterocycles. The molecule has 16 heteroatoms. The van der Waals surface area contributed by atoms with Crippen LogP contribution in [0.4, 0.5) is 4.79 Å². The first-order valence-corrected chi connectivity index (χ1v) is 24.6. The van der Waals surface area contributed by atoms with Crippen molar-refractivity contribution in [2.75, 3.05) is 85.8 Å². The molecular weight excluding hydrogens is 961 g/mol. The molecular formula is C59H64N2O14. The molecule has 75 heavy (non-hydrogen) atoms. The van der Waals surface area contributed by atoms with E-state index in [1.165, 1.54) is 80.6 Å². The summed E-state index contributed by atoms with van der Waals surface area (Å²) in [5.74, 6) is -2.07. The highest BCUT2D eigenvalue weighted by Gasteiger charge is 2.31. The fraction of sp³-hybridized carbons (Fsp3) is 0.305. The van der Waals surface area contributed by atoms with Crippen molar-refractivity contribution >= 4 is 30.0 Å². The number of hydrogen-bond acceptors (Lipinski definition) is 13. The van der Waals surface area contributed by atoms with E-state index in [1.54, 1.807) is 0 Å². The van der Waals surface area contributed by atoms with Gasteiger partial charge in [-0.3, -0.25) is 9.59 Å². The summed E-state index contributed by atoms with van der Waals surface area (Å²) in [4.78, 5) is 54.1. The number of amides is 1. The minimum absolute atomic E-state index is 0.0285. The Labute approximate surface area is 436 Å². The molecule has 1 amide bonds. The molecule has 5 N–H and O–H groups in total. The smallest absolute Gasteiger partial charge is 0.407 e. The third-order valence-corrected chi connectivity index (χ3v) is 12.1. The topological polar surface area (TPSA) is 228 Å². The molecule has 0 unspecified atom stereocenters. The van der Waals surface area contributed by atoms with E-state index in [1.807, 2.05) is 72.8 Å². The molecule has 0 fully saturated rings. The number of rotatable bonds is 21. The van der Waals surface area contributed by atoms with Crippen LogP contribution in [0.5, 0.6) is 0 Å². The molecule has 6 aromatic carbocycles. The molecule has 0 aliphatic heterocycles. The fourth-order valence-corrected chi connectivity index (χ4v) is 9.00. The zero-order valence-corrected chi connectivity index (χ0v) is 42.2. The highest BCUT2D eigenvalue weighted by molar-refractivity contribution is 5.81. The Morgan fingerprint density at radius 1 is 0.413 bits per heavy atom. The number of nitrogens with two attached hydrogens (primary N) is 1. The van der Waals surface area contributed by atoms with Crippen LogP contribution in [0.1, 0.15) is 65.0 Å². The quantitative estimate of drug-likeness (QED) is 0.0301. The van der Waals surface area contributed by atoms with Crippen LogP contribution in [-0.4, -0.2) is 126 Å². The summed E-state index contributed by atoms with van der Waals surface area (Å²) in [6.45, 7) is 6.09. The number of aliphatic carboxylic acids is 2. The maximum atomic E-state index is 12.0. The zero-order chi connectivity index (χ0) is 53.4. The maximum Gasteiger partial charge on any atom is 0.407 e. The summed E-state index contributed by atoms with van der Waals surface area (Å²) in [6.07, 6.45) is -0.493. The molecule has 0 bridgehead atoms. The number of carboxylic acid groups (broad SMARTS) is 2. The second-order valence-corrected chi connectivity index (χ2v) is 17.2. The van der Waals surface area contributed by atoms with Gasteiger partial charge in [-0.25, -0.2) is 14.4 Å². The molecule has 0 atom stereocenters. The average molecular weight is 1030 g/mol. The normalized spacial score (nSPS) is 12.3. The number of nitrogens with one attached hydrogen (secondary N) is 1. The van der Waals surface area contributed by atoms with Crippen molar-refractivity contribution in [2.45, 2.75) is 31.6 Å². The van der Waals surface area contributed by atoms with Crippen LogP contribution >= 0.6 is 0 Å². The summed E-state index contributed by atoms with van der Waals surface area (Å²) in [5, 5.41) is 19.2. The predicted octanol–water partition coefficient (Wildman–Crippen LogP) is 8.43. The van der Waals surface area contributed by atoms with Crippen molar-refractivity contribution in [3.63, 3.8) is 0 Å². The van der Waals surface area contributed by atoms with Gasteiger partial charge in [0.15, 0.2) is 0 Å². The number of esters is 2. The third-order valence-electron chi connectivity index (χ3n) is 12.1. The van der Waals surface area contributed by atoms with Crippen LogP contribution in [0.25, 0.3) is 33.4 Å². The highest BCUT2D eigenvalue weighted by atomic mass is 16.6. The molecule has 0 radical (unpaired) electrons. The first-order chi connectivity index (χ1) is 36.5. The molecule has 3 aliphatic rings. The molecule has 394 valence electrons. The van der Waals surface area contributed by atoms with E-state index in [9.17, 15) is 24.0 Å². The van der Waals surface area contributed by atoms with Gasteiger partial charge < -0.3 is 54.4 Å². The average Bonchev–Trinajstić information content (AvgIpc) is 4.04. The zero-order valence-electron chi connectivity index (χ0n) is 42.2. The maximum absolute atomic E-state index is 12.0. The van der Waals surface area contributed by atoms with Crippen molar-refractivity contribution in [1.82, 2.24) is 5.32 Å². The Bertz CT molecular complexity index is 2590. The molecule has 0 saturated carbocycles. The van der Waals surface area contributed by atoms with Gasteiger partial charge in [0.05, 0.1) is 39.6 Å². The van der Waals surface area contributed by atoms with E-state index in [0.717, 1.165) is 0 Å². The SMILES string of the molecule is CC(=O)OCC1c2ccccc2-c2ccccc21.CC(=O)OCC1c2ccccc2-c2ccccc21.NCCOCCOCC(=O)O.O=C(O)COCCOCCNC(=O)OCC1c2ccccc2-c2ccccc21. The number of alkyl carbamates (subject to hydrolysis) is 1. The monoisotopic (exact) mass is 1020 g/mol. The van der Waals surface area contributed by atoms with E-state index in [0.29, 0.717) is 52.7 Å². The van der Waals surface area contributed by atoms with Crippen molar-refractivity contribution in [3.8, 4) is 33.4 Å². The third kappa shape index (κ3) is 16.6. The number of ether oxygens (including phenoxy) is 7. The van der Waals surface area contributed by atoms with Crippen molar-refractivity contribution in [2.24, 2.45) is 5.73 Å². The van der Waals surface area contributed by atoms with Crippen LogP contribution in [-0.2, 0) is 52.3 Å². The molecule has 16 nitrogen and oxygen atoms in total. The van der Waals surface area contributed by atoms with Gasteiger partial charge in [0.2, 0.25) is 0 Å². The van der Waals surface area contributed by atoms with Crippen molar-refractivity contribution in [1.29, 1.82) is 0 Å². The van der Waals surface area contributed by atoms with Gasteiger partial charge >= 0.3 is 30.0 Å². The second kappa shape index (κ2) is 29.8. The molecule has 0 aromatic heterocycles. The van der Waals surface area contributed by atoms with Crippen LogP contribution < -0.4 is 11.1 Å². The van der Waals surface area contributed by atoms with Crippen LogP contribution in [0.15, 0.2) is 146 Å². The van der Waals surface area contributed by atoms with Gasteiger partial charge in [0.25, 0.3) is 0 Å². The minimum Gasteiger partial charge on any atom is -0.480 e. The summed E-state index contributed by atoms with van der Waals surface area (Å²) >= 11 is 0. The number of hydrogen-bond donors (Lipinski definition) is 4. The van der Waals surface area contributed by atoms with E-state index in [-0.39, 0.29) is 62.7 Å². The number of carbonyl (C=O) groups excluding carboxylic acids is 3. The lowest BCUT2D eigenvalue weighted by molar-refractivity contribution is -0.143. The van der Waals surface area contributed by atoms with Crippen LogP contribution in [0, 0.1) is 0 Å². The number of carboxylic acids is 2. The Kier molecular flexibility index (Phi) is 22.5. The van der Waals surface area contributed by atoms with E-state index in [4.69, 9.17) is 44.4 Å².